The normalized spacial score (nSPS) is 17.3. The van der Waals surface area contributed by atoms with Crippen LogP contribution in [0.3, 0.4) is 0 Å². The summed E-state index contributed by atoms with van der Waals surface area (Å²) in [6.07, 6.45) is 0.681. The molecule has 1 aromatic rings. The average molecular weight is 306 g/mol. The fourth-order valence-corrected chi connectivity index (χ4v) is 2.32. The SMILES string of the molecule is NC(=O)c1ccc(OCCC(=O)N2CCC(C(=O)O)C2)cc1. The Bertz CT molecular complexity index is 570. The number of hydrogen-bond acceptors (Lipinski definition) is 4. The van der Waals surface area contributed by atoms with Crippen molar-refractivity contribution in [2.45, 2.75) is 12.8 Å². The van der Waals surface area contributed by atoms with Crippen molar-refractivity contribution in [2.24, 2.45) is 11.7 Å². The fourth-order valence-electron chi connectivity index (χ4n) is 2.32. The van der Waals surface area contributed by atoms with Gasteiger partial charge in [0.25, 0.3) is 0 Å². The molecule has 1 aliphatic rings. The molecule has 0 saturated carbocycles. The molecule has 1 heterocycles. The maximum Gasteiger partial charge on any atom is 0.308 e. The zero-order valence-electron chi connectivity index (χ0n) is 12.0. The third-order valence-corrected chi connectivity index (χ3v) is 3.61. The number of aliphatic carboxylic acids is 1. The predicted molar refractivity (Wildman–Crippen MR) is 77.4 cm³/mol. The Morgan fingerprint density at radius 3 is 2.50 bits per heavy atom. The van der Waals surface area contributed by atoms with Crippen molar-refractivity contribution in [2.75, 3.05) is 19.7 Å². The summed E-state index contributed by atoms with van der Waals surface area (Å²) in [6, 6.07) is 6.33. The summed E-state index contributed by atoms with van der Waals surface area (Å²) in [5.41, 5.74) is 5.52. The van der Waals surface area contributed by atoms with Crippen LogP contribution in [0.15, 0.2) is 24.3 Å². The molecule has 1 atom stereocenters. The summed E-state index contributed by atoms with van der Waals surface area (Å²) in [7, 11) is 0. The first-order chi connectivity index (χ1) is 10.5. The highest BCUT2D eigenvalue weighted by Crippen LogP contribution is 2.17. The lowest BCUT2D eigenvalue weighted by Gasteiger charge is -2.16. The number of carbonyl (C=O) groups is 3. The number of primary amides is 1. The predicted octanol–water partition coefficient (Wildman–Crippen LogP) is 0.487. The van der Waals surface area contributed by atoms with Gasteiger partial charge < -0.3 is 20.5 Å². The van der Waals surface area contributed by atoms with Crippen LogP contribution in [0.25, 0.3) is 0 Å². The first-order valence-electron chi connectivity index (χ1n) is 7.00. The van der Waals surface area contributed by atoms with Crippen molar-refractivity contribution in [3.63, 3.8) is 0 Å². The van der Waals surface area contributed by atoms with E-state index in [1.165, 1.54) is 0 Å². The Hall–Kier alpha value is -2.57. The van der Waals surface area contributed by atoms with Gasteiger partial charge in [0, 0.05) is 18.7 Å². The molecular formula is C15H18N2O5. The van der Waals surface area contributed by atoms with Crippen LogP contribution in [0.2, 0.25) is 0 Å². The summed E-state index contributed by atoms with van der Waals surface area (Å²) in [5.74, 6) is -1.41. The molecule has 0 aromatic heterocycles. The van der Waals surface area contributed by atoms with Gasteiger partial charge in [0.15, 0.2) is 0 Å². The largest absolute Gasteiger partial charge is 0.493 e. The smallest absolute Gasteiger partial charge is 0.308 e. The number of benzene rings is 1. The number of hydrogen-bond donors (Lipinski definition) is 2. The van der Waals surface area contributed by atoms with Crippen LogP contribution in [0.1, 0.15) is 23.2 Å². The number of carbonyl (C=O) groups excluding carboxylic acids is 2. The molecule has 2 amide bonds. The van der Waals surface area contributed by atoms with Gasteiger partial charge in [-0.1, -0.05) is 0 Å². The fraction of sp³-hybridized carbons (Fsp3) is 0.400. The van der Waals surface area contributed by atoms with E-state index in [-0.39, 0.29) is 25.5 Å². The third-order valence-electron chi connectivity index (χ3n) is 3.61. The Balaban J connectivity index is 1.75. The summed E-state index contributed by atoms with van der Waals surface area (Å²) in [5, 5.41) is 8.90. The monoisotopic (exact) mass is 306 g/mol. The number of carboxylic acid groups (broad SMARTS) is 1. The van der Waals surface area contributed by atoms with Gasteiger partial charge in [0.05, 0.1) is 18.9 Å². The molecule has 1 aromatic carbocycles. The first-order valence-corrected chi connectivity index (χ1v) is 7.00. The molecule has 118 valence electrons. The van der Waals surface area contributed by atoms with Crippen LogP contribution < -0.4 is 10.5 Å². The van der Waals surface area contributed by atoms with Crippen LogP contribution in [0, 0.1) is 5.92 Å². The standard InChI is InChI=1S/C15H18N2O5/c16-14(19)10-1-3-12(4-2-10)22-8-6-13(18)17-7-5-11(9-17)15(20)21/h1-4,11H,5-9H2,(H2,16,19)(H,20,21). The molecule has 0 aliphatic carbocycles. The second kappa shape index (κ2) is 6.93. The zero-order chi connectivity index (χ0) is 16.1. The summed E-state index contributed by atoms with van der Waals surface area (Å²) < 4.78 is 5.43. The molecule has 7 nitrogen and oxygen atoms in total. The number of nitrogens with zero attached hydrogens (tertiary/aromatic N) is 1. The first kappa shape index (κ1) is 15.8. The van der Waals surface area contributed by atoms with Crippen LogP contribution in [-0.2, 0) is 9.59 Å². The van der Waals surface area contributed by atoms with E-state index in [1.807, 2.05) is 0 Å². The van der Waals surface area contributed by atoms with Gasteiger partial charge in [-0.15, -0.1) is 0 Å². The maximum atomic E-state index is 11.9. The van der Waals surface area contributed by atoms with Crippen LogP contribution in [-0.4, -0.2) is 47.5 Å². The molecule has 0 radical (unpaired) electrons. The average Bonchev–Trinajstić information content (AvgIpc) is 2.98. The Morgan fingerprint density at radius 2 is 1.95 bits per heavy atom. The number of amides is 2. The highest BCUT2D eigenvalue weighted by Gasteiger charge is 2.30. The van der Waals surface area contributed by atoms with Gasteiger partial charge in [0.1, 0.15) is 5.75 Å². The minimum absolute atomic E-state index is 0.113. The van der Waals surface area contributed by atoms with Gasteiger partial charge in [-0.2, -0.15) is 0 Å². The number of likely N-dealkylation sites (tertiary alicyclic amines) is 1. The Labute approximate surface area is 127 Å². The minimum atomic E-state index is -0.860. The lowest BCUT2D eigenvalue weighted by Crippen LogP contribution is -2.30. The number of ether oxygens (including phenoxy) is 1. The molecule has 1 aliphatic heterocycles. The molecule has 2 rings (SSSR count). The zero-order valence-corrected chi connectivity index (χ0v) is 12.0. The third kappa shape index (κ3) is 3.97. The van der Waals surface area contributed by atoms with Gasteiger partial charge >= 0.3 is 5.97 Å². The van der Waals surface area contributed by atoms with Crippen LogP contribution in [0.4, 0.5) is 0 Å². The van der Waals surface area contributed by atoms with Crippen molar-refractivity contribution in [1.29, 1.82) is 0 Å². The van der Waals surface area contributed by atoms with Crippen molar-refractivity contribution < 1.29 is 24.2 Å². The second-order valence-corrected chi connectivity index (χ2v) is 5.15. The second-order valence-electron chi connectivity index (χ2n) is 5.15. The molecule has 3 N–H and O–H groups in total. The summed E-state index contributed by atoms with van der Waals surface area (Å²) in [6.45, 7) is 0.938. The van der Waals surface area contributed by atoms with E-state index in [0.29, 0.717) is 24.3 Å². The van der Waals surface area contributed by atoms with Crippen molar-refractivity contribution >= 4 is 17.8 Å². The molecule has 7 heteroatoms. The topological polar surface area (TPSA) is 110 Å². The van der Waals surface area contributed by atoms with E-state index < -0.39 is 17.8 Å². The van der Waals surface area contributed by atoms with Crippen LogP contribution >= 0.6 is 0 Å². The molecule has 1 unspecified atom stereocenters. The lowest BCUT2D eigenvalue weighted by atomic mass is 10.1. The van der Waals surface area contributed by atoms with Crippen molar-refractivity contribution in [3.05, 3.63) is 29.8 Å². The van der Waals surface area contributed by atoms with E-state index in [2.05, 4.69) is 0 Å². The number of carboxylic acids is 1. The van der Waals surface area contributed by atoms with E-state index >= 15 is 0 Å². The Kier molecular flexibility index (Phi) is 4.98. The highest BCUT2D eigenvalue weighted by atomic mass is 16.5. The van der Waals surface area contributed by atoms with Gasteiger partial charge in [-0.25, -0.2) is 0 Å². The highest BCUT2D eigenvalue weighted by molar-refractivity contribution is 5.92. The molecule has 22 heavy (non-hydrogen) atoms. The molecular weight excluding hydrogens is 288 g/mol. The summed E-state index contributed by atoms with van der Waals surface area (Å²) >= 11 is 0. The molecule has 0 spiro atoms. The minimum Gasteiger partial charge on any atom is -0.493 e. The molecule has 1 fully saturated rings. The maximum absolute atomic E-state index is 11.9. The Morgan fingerprint density at radius 1 is 1.27 bits per heavy atom. The van der Waals surface area contributed by atoms with E-state index in [0.717, 1.165) is 0 Å². The van der Waals surface area contributed by atoms with E-state index in [4.69, 9.17) is 15.6 Å². The summed E-state index contributed by atoms with van der Waals surface area (Å²) in [4.78, 5) is 35.3. The van der Waals surface area contributed by atoms with Crippen molar-refractivity contribution in [1.82, 2.24) is 4.90 Å². The van der Waals surface area contributed by atoms with Gasteiger partial charge in [-0.05, 0) is 30.7 Å². The lowest BCUT2D eigenvalue weighted by molar-refractivity contribution is -0.141. The molecule has 0 bridgehead atoms. The number of rotatable bonds is 6. The van der Waals surface area contributed by atoms with E-state index in [9.17, 15) is 14.4 Å². The van der Waals surface area contributed by atoms with E-state index in [1.54, 1.807) is 29.2 Å². The molecule has 1 saturated heterocycles. The number of nitrogens with two attached hydrogens (primary N) is 1. The van der Waals surface area contributed by atoms with Crippen molar-refractivity contribution in [3.8, 4) is 5.75 Å². The van der Waals surface area contributed by atoms with Gasteiger partial charge in [-0.3, -0.25) is 14.4 Å². The quantitative estimate of drug-likeness (QED) is 0.794. The van der Waals surface area contributed by atoms with Gasteiger partial charge in [0.2, 0.25) is 11.8 Å². The van der Waals surface area contributed by atoms with Crippen LogP contribution in [0.5, 0.6) is 5.75 Å².